The van der Waals surface area contributed by atoms with Crippen molar-refractivity contribution in [2.24, 2.45) is 17.8 Å². The summed E-state index contributed by atoms with van der Waals surface area (Å²) in [6.45, 7) is 1.27. The minimum absolute atomic E-state index is 0.0487. The molecule has 1 saturated heterocycles. The lowest BCUT2D eigenvalue weighted by atomic mass is 10.0. The molecule has 1 aromatic carbocycles. The van der Waals surface area contributed by atoms with E-state index in [4.69, 9.17) is 32.2 Å². The van der Waals surface area contributed by atoms with Gasteiger partial charge in [0.05, 0.1) is 22.2 Å². The van der Waals surface area contributed by atoms with Crippen molar-refractivity contribution in [3.8, 4) is 22.7 Å². The topological polar surface area (TPSA) is 139 Å². The summed E-state index contributed by atoms with van der Waals surface area (Å²) in [4.78, 5) is 22.1. The zero-order chi connectivity index (χ0) is 27.5. The number of anilines is 1. The van der Waals surface area contributed by atoms with Crippen molar-refractivity contribution in [1.82, 2.24) is 20.3 Å². The highest BCUT2D eigenvalue weighted by Gasteiger charge is 2.55. The van der Waals surface area contributed by atoms with E-state index in [1.165, 1.54) is 12.1 Å². The maximum absolute atomic E-state index is 11.5. The van der Waals surface area contributed by atoms with E-state index >= 15 is 0 Å². The molecule has 2 atom stereocenters. The van der Waals surface area contributed by atoms with E-state index in [0.29, 0.717) is 62.0 Å². The third-order valence-corrected chi connectivity index (χ3v) is 8.48. The molecule has 7 rings (SSSR count). The summed E-state index contributed by atoms with van der Waals surface area (Å²) in [5.41, 5.74) is 3.15. The Morgan fingerprint density at radius 2 is 1.82 bits per heavy atom. The Kier molecular flexibility index (Phi) is 6.14. The quantitative estimate of drug-likeness (QED) is 0.273. The van der Waals surface area contributed by atoms with E-state index in [-0.39, 0.29) is 18.1 Å². The van der Waals surface area contributed by atoms with E-state index < -0.39 is 5.97 Å². The number of hydrogen-bond donors (Lipinski definition) is 2. The number of aliphatic hydroxyl groups is 1. The highest BCUT2D eigenvalue weighted by molar-refractivity contribution is 6.39. The first-order valence-corrected chi connectivity index (χ1v) is 13.7. The number of benzene rings is 1. The average Bonchev–Trinajstić information content (AvgIpc) is 3.68. The molecule has 40 heavy (non-hydrogen) atoms. The van der Waals surface area contributed by atoms with Gasteiger partial charge in [-0.2, -0.15) is 4.98 Å². The molecule has 0 spiro atoms. The molecule has 3 aliphatic rings. The largest absolute Gasteiger partial charge is 0.478 e. The smallest absolute Gasteiger partial charge is 0.335 e. The second kappa shape index (κ2) is 9.72. The van der Waals surface area contributed by atoms with E-state index in [1.54, 1.807) is 18.5 Å². The number of aromatic nitrogens is 4. The number of piperidine rings is 1. The maximum atomic E-state index is 11.5. The van der Waals surface area contributed by atoms with Crippen LogP contribution in [0.2, 0.25) is 10.0 Å². The first-order chi connectivity index (χ1) is 19.4. The van der Waals surface area contributed by atoms with Crippen molar-refractivity contribution in [3.05, 3.63) is 69.2 Å². The lowest BCUT2D eigenvalue weighted by Gasteiger charge is -2.15. The molecule has 2 saturated carbocycles. The van der Waals surface area contributed by atoms with Gasteiger partial charge in [0, 0.05) is 48.1 Å². The number of aromatic carboxylic acids is 1. The number of carboxylic acid groups (broad SMARTS) is 1. The predicted octanol–water partition coefficient (Wildman–Crippen LogP) is 5.56. The van der Waals surface area contributed by atoms with Crippen LogP contribution in [0.1, 0.15) is 46.0 Å². The van der Waals surface area contributed by atoms with Gasteiger partial charge in [0.25, 0.3) is 11.8 Å². The van der Waals surface area contributed by atoms with Gasteiger partial charge in [-0.15, -0.1) is 0 Å². The molecule has 3 aromatic heterocycles. The Morgan fingerprint density at radius 1 is 1.07 bits per heavy atom. The highest BCUT2D eigenvalue weighted by Crippen LogP contribution is 2.54. The molecule has 204 valence electrons. The molecule has 1 aliphatic heterocycles. The number of carboxylic acids is 1. The molecule has 2 N–H and O–H groups in total. The second-order valence-electron chi connectivity index (χ2n) is 10.5. The Hall–Kier alpha value is -3.73. The van der Waals surface area contributed by atoms with Crippen molar-refractivity contribution in [1.29, 1.82) is 0 Å². The normalized spacial score (nSPS) is 21.8. The van der Waals surface area contributed by atoms with Gasteiger partial charge in [-0.3, -0.25) is 4.98 Å². The molecule has 12 heteroatoms. The number of carbonyl (C=O) groups is 1. The van der Waals surface area contributed by atoms with Crippen molar-refractivity contribution in [2.75, 3.05) is 18.0 Å². The molecule has 0 radical (unpaired) electrons. The molecule has 3 fully saturated rings. The van der Waals surface area contributed by atoms with Crippen LogP contribution in [-0.4, -0.2) is 49.6 Å². The lowest BCUT2D eigenvalue weighted by Crippen LogP contribution is -2.24. The van der Waals surface area contributed by atoms with Crippen molar-refractivity contribution >= 4 is 41.2 Å². The fourth-order valence-electron chi connectivity index (χ4n) is 5.65. The molecule has 4 heterocycles. The first-order valence-electron chi connectivity index (χ1n) is 13.0. The van der Waals surface area contributed by atoms with Crippen LogP contribution in [0.25, 0.3) is 28.8 Å². The number of rotatable bonds is 8. The standard InChI is InChI=1S/C28H23Cl2N5O5/c29-21-8-31-9-22(30)23(21)24-18(25(39-33-24)14-1-2-14)4-3-17-19-10-35(11-20(17)19)28-32-26(40-34-28)15-5-13(12-36)6-16(7-15)27(37)38/h3-9,14,17,19-20,36H,1-2,10-12H2,(H,37,38)/b4-3+. The number of allylic oxidation sites excluding steroid dienone is 1. The van der Waals surface area contributed by atoms with E-state index in [2.05, 4.69) is 37.3 Å². The van der Waals surface area contributed by atoms with Gasteiger partial charge < -0.3 is 24.2 Å². The summed E-state index contributed by atoms with van der Waals surface area (Å²) < 4.78 is 11.2. The van der Waals surface area contributed by atoms with Crippen molar-refractivity contribution in [2.45, 2.75) is 25.4 Å². The Bertz CT molecular complexity index is 1630. The zero-order valence-electron chi connectivity index (χ0n) is 21.0. The summed E-state index contributed by atoms with van der Waals surface area (Å²) in [5.74, 6) is 2.14. The minimum Gasteiger partial charge on any atom is -0.478 e. The number of pyridine rings is 1. The monoisotopic (exact) mass is 579 g/mol. The molecule has 0 bridgehead atoms. The number of hydrogen-bond acceptors (Lipinski definition) is 9. The fraction of sp³-hybridized carbons (Fsp3) is 0.321. The second-order valence-corrected chi connectivity index (χ2v) is 11.3. The zero-order valence-corrected chi connectivity index (χ0v) is 22.5. The third kappa shape index (κ3) is 4.46. The average molecular weight is 580 g/mol. The molecule has 2 aliphatic carbocycles. The van der Waals surface area contributed by atoms with Crippen molar-refractivity contribution in [3.63, 3.8) is 0 Å². The molecule has 10 nitrogen and oxygen atoms in total. The van der Waals surface area contributed by atoms with Crippen LogP contribution in [0, 0.1) is 17.8 Å². The molecular formula is C28H23Cl2N5O5. The Morgan fingerprint density at radius 3 is 2.50 bits per heavy atom. The van der Waals surface area contributed by atoms with Gasteiger partial charge >= 0.3 is 5.97 Å². The minimum atomic E-state index is -1.09. The van der Waals surface area contributed by atoms with Crippen LogP contribution in [-0.2, 0) is 6.61 Å². The van der Waals surface area contributed by atoms with Crippen LogP contribution in [0.4, 0.5) is 5.95 Å². The van der Waals surface area contributed by atoms with Gasteiger partial charge in [0.1, 0.15) is 11.5 Å². The van der Waals surface area contributed by atoms with Crippen LogP contribution >= 0.6 is 23.2 Å². The maximum Gasteiger partial charge on any atom is 0.335 e. The Labute approximate surface area is 238 Å². The lowest BCUT2D eigenvalue weighted by molar-refractivity contribution is 0.0696. The summed E-state index contributed by atoms with van der Waals surface area (Å²) in [5, 5.41) is 28.2. The molecule has 2 unspecified atom stereocenters. The van der Waals surface area contributed by atoms with Crippen LogP contribution in [0.15, 0.2) is 45.7 Å². The van der Waals surface area contributed by atoms with Gasteiger partial charge in [-0.25, -0.2) is 4.79 Å². The fourth-order valence-corrected chi connectivity index (χ4v) is 6.19. The highest BCUT2D eigenvalue weighted by atomic mass is 35.5. The van der Waals surface area contributed by atoms with Crippen LogP contribution < -0.4 is 4.90 Å². The van der Waals surface area contributed by atoms with Gasteiger partial charge in [-0.1, -0.05) is 40.5 Å². The number of aliphatic hydroxyl groups excluding tert-OH is 1. The van der Waals surface area contributed by atoms with Crippen LogP contribution in [0.3, 0.4) is 0 Å². The molecule has 4 aromatic rings. The summed E-state index contributed by atoms with van der Waals surface area (Å²) in [7, 11) is 0. The predicted molar refractivity (Wildman–Crippen MR) is 146 cm³/mol. The van der Waals surface area contributed by atoms with Gasteiger partial charge in [0.15, 0.2) is 0 Å². The summed E-state index contributed by atoms with van der Waals surface area (Å²) >= 11 is 12.9. The van der Waals surface area contributed by atoms with E-state index in [0.717, 1.165) is 37.3 Å². The Balaban J connectivity index is 1.07. The third-order valence-electron chi connectivity index (χ3n) is 7.91. The molecule has 0 amide bonds. The van der Waals surface area contributed by atoms with Crippen molar-refractivity contribution < 1.29 is 24.1 Å². The number of fused-ring (bicyclic) bond motifs is 1. The van der Waals surface area contributed by atoms with E-state index in [9.17, 15) is 15.0 Å². The van der Waals surface area contributed by atoms with Crippen LogP contribution in [0.5, 0.6) is 0 Å². The SMILES string of the molecule is O=C(O)c1cc(CO)cc(-c2nc(N3CC4C(/C=C/c5c(-c6c(Cl)cncc6Cl)noc5C5CC5)C4C3)no2)c1. The van der Waals surface area contributed by atoms with E-state index in [1.807, 2.05) is 0 Å². The summed E-state index contributed by atoms with van der Waals surface area (Å²) in [6, 6.07) is 4.52. The molecular weight excluding hydrogens is 557 g/mol. The van der Waals surface area contributed by atoms with Gasteiger partial charge in [-0.05, 0) is 59.5 Å². The van der Waals surface area contributed by atoms with Gasteiger partial charge in [0.2, 0.25) is 0 Å². The number of halogens is 2. The first kappa shape index (κ1) is 25.3. The summed E-state index contributed by atoms with van der Waals surface area (Å²) in [6.07, 6.45) is 9.59. The number of nitrogens with zero attached hydrogens (tertiary/aromatic N) is 5.